The van der Waals surface area contributed by atoms with Crippen LogP contribution in [-0.2, 0) is 6.54 Å². The van der Waals surface area contributed by atoms with Crippen molar-refractivity contribution in [1.82, 2.24) is 14.9 Å². The second-order valence-corrected chi connectivity index (χ2v) is 5.00. The number of hydrogen-bond acceptors (Lipinski definition) is 4. The summed E-state index contributed by atoms with van der Waals surface area (Å²) in [6.45, 7) is 6.03. The van der Waals surface area contributed by atoms with Crippen molar-refractivity contribution in [2.75, 3.05) is 6.54 Å². The van der Waals surface area contributed by atoms with Gasteiger partial charge in [-0.1, -0.05) is 6.92 Å². The summed E-state index contributed by atoms with van der Waals surface area (Å²) in [5.41, 5.74) is 8.69. The van der Waals surface area contributed by atoms with E-state index >= 15 is 0 Å². The van der Waals surface area contributed by atoms with Crippen LogP contribution < -0.4 is 5.73 Å². The molecule has 4 heteroatoms. The molecule has 20 heavy (non-hydrogen) atoms. The quantitative estimate of drug-likeness (QED) is 0.875. The molecule has 106 valence electrons. The second-order valence-electron chi connectivity index (χ2n) is 5.00. The van der Waals surface area contributed by atoms with Crippen molar-refractivity contribution < 1.29 is 0 Å². The van der Waals surface area contributed by atoms with Gasteiger partial charge in [0.15, 0.2) is 0 Å². The predicted octanol–water partition coefficient (Wildman–Crippen LogP) is 2.39. The molecule has 0 aromatic carbocycles. The molecule has 0 radical (unpaired) electrons. The third kappa shape index (κ3) is 3.62. The summed E-state index contributed by atoms with van der Waals surface area (Å²) in [6.07, 6.45) is 7.31. The van der Waals surface area contributed by atoms with Crippen LogP contribution in [0.25, 0.3) is 0 Å². The van der Waals surface area contributed by atoms with Gasteiger partial charge in [0.25, 0.3) is 0 Å². The van der Waals surface area contributed by atoms with Crippen molar-refractivity contribution in [2.45, 2.75) is 32.5 Å². The lowest BCUT2D eigenvalue weighted by Gasteiger charge is -2.33. The second kappa shape index (κ2) is 7.12. The lowest BCUT2D eigenvalue weighted by molar-refractivity contribution is 0.177. The zero-order valence-corrected chi connectivity index (χ0v) is 12.1. The highest BCUT2D eigenvalue weighted by Gasteiger charge is 2.22. The van der Waals surface area contributed by atoms with Crippen LogP contribution in [0.3, 0.4) is 0 Å². The minimum Gasteiger partial charge on any atom is -0.326 e. The van der Waals surface area contributed by atoms with E-state index in [1.807, 2.05) is 49.1 Å². The van der Waals surface area contributed by atoms with Crippen molar-refractivity contribution in [1.29, 1.82) is 0 Å². The van der Waals surface area contributed by atoms with Gasteiger partial charge in [-0.05, 0) is 48.9 Å². The number of nitrogens with two attached hydrogens (primary N) is 1. The molecule has 0 spiro atoms. The normalized spacial score (nSPS) is 14.2. The predicted molar refractivity (Wildman–Crippen MR) is 80.9 cm³/mol. The van der Waals surface area contributed by atoms with Crippen molar-refractivity contribution in [3.8, 4) is 0 Å². The van der Waals surface area contributed by atoms with Crippen LogP contribution in [0.4, 0.5) is 0 Å². The van der Waals surface area contributed by atoms with Crippen LogP contribution in [0.5, 0.6) is 0 Å². The zero-order chi connectivity index (χ0) is 14.4. The summed E-state index contributed by atoms with van der Waals surface area (Å²) in [5, 5.41) is 0. The molecule has 2 rings (SSSR count). The van der Waals surface area contributed by atoms with Crippen LogP contribution in [0, 0.1) is 0 Å². The van der Waals surface area contributed by atoms with Gasteiger partial charge >= 0.3 is 0 Å². The maximum absolute atomic E-state index is 6.22. The van der Waals surface area contributed by atoms with Gasteiger partial charge in [-0.2, -0.15) is 0 Å². The molecule has 0 aliphatic rings. The summed E-state index contributed by atoms with van der Waals surface area (Å²) in [4.78, 5) is 10.5. The molecule has 2 heterocycles. The number of aromatic nitrogens is 2. The minimum atomic E-state index is 0.0548. The fourth-order valence-corrected chi connectivity index (χ4v) is 2.54. The molecule has 0 bridgehead atoms. The molecule has 0 amide bonds. The van der Waals surface area contributed by atoms with Gasteiger partial charge in [0.05, 0.1) is 6.04 Å². The van der Waals surface area contributed by atoms with Gasteiger partial charge in [0.1, 0.15) is 0 Å². The van der Waals surface area contributed by atoms with Crippen LogP contribution in [-0.4, -0.2) is 27.5 Å². The fraction of sp³-hybridized carbons (Fsp3) is 0.375. The van der Waals surface area contributed by atoms with E-state index in [1.165, 1.54) is 11.1 Å². The first-order valence-corrected chi connectivity index (χ1v) is 7.00. The highest BCUT2D eigenvalue weighted by Crippen LogP contribution is 2.24. The van der Waals surface area contributed by atoms with E-state index in [0.29, 0.717) is 0 Å². The Morgan fingerprint density at radius 1 is 1.05 bits per heavy atom. The molecule has 4 nitrogen and oxygen atoms in total. The Kier molecular flexibility index (Phi) is 5.21. The summed E-state index contributed by atoms with van der Waals surface area (Å²) in [7, 11) is 0. The maximum atomic E-state index is 6.22. The van der Waals surface area contributed by atoms with E-state index in [2.05, 4.69) is 28.7 Å². The van der Waals surface area contributed by atoms with Crippen molar-refractivity contribution in [3.63, 3.8) is 0 Å². The van der Waals surface area contributed by atoms with E-state index < -0.39 is 0 Å². The SMILES string of the molecule is CCN(Cc1ccncc1)C(c1ccncc1)C(C)N. The van der Waals surface area contributed by atoms with Gasteiger partial charge in [0.2, 0.25) is 0 Å². The third-order valence-electron chi connectivity index (χ3n) is 3.48. The molecule has 0 saturated heterocycles. The Bertz CT molecular complexity index is 498. The summed E-state index contributed by atoms with van der Waals surface area (Å²) >= 11 is 0. The lowest BCUT2D eigenvalue weighted by atomic mass is 9.99. The van der Waals surface area contributed by atoms with Crippen LogP contribution in [0.15, 0.2) is 49.1 Å². The average Bonchev–Trinajstić information content (AvgIpc) is 2.48. The maximum Gasteiger partial charge on any atom is 0.0501 e. The standard InChI is InChI=1S/C16H22N4/c1-3-20(12-14-4-8-18-9-5-14)16(13(2)17)15-6-10-19-11-7-15/h4-11,13,16H,3,12,17H2,1-2H3. The molecule has 0 fully saturated rings. The van der Waals surface area contributed by atoms with Gasteiger partial charge < -0.3 is 5.73 Å². The monoisotopic (exact) mass is 270 g/mol. The largest absolute Gasteiger partial charge is 0.326 e. The van der Waals surface area contributed by atoms with E-state index in [1.54, 1.807) is 0 Å². The molecule has 2 unspecified atom stereocenters. The molecular formula is C16H22N4. The first-order chi connectivity index (χ1) is 9.72. The number of hydrogen-bond donors (Lipinski definition) is 1. The third-order valence-corrected chi connectivity index (χ3v) is 3.48. The molecule has 0 saturated carbocycles. The van der Waals surface area contributed by atoms with Gasteiger partial charge in [-0.3, -0.25) is 14.9 Å². The number of rotatable bonds is 6. The van der Waals surface area contributed by atoms with E-state index in [9.17, 15) is 0 Å². The number of likely N-dealkylation sites (N-methyl/N-ethyl adjacent to an activating group) is 1. The Labute approximate surface area is 120 Å². The van der Waals surface area contributed by atoms with Gasteiger partial charge in [-0.25, -0.2) is 0 Å². The average molecular weight is 270 g/mol. The Hall–Kier alpha value is -1.78. The van der Waals surface area contributed by atoms with Crippen molar-refractivity contribution >= 4 is 0 Å². The van der Waals surface area contributed by atoms with Crippen molar-refractivity contribution in [2.24, 2.45) is 5.73 Å². The first-order valence-electron chi connectivity index (χ1n) is 7.00. The highest BCUT2D eigenvalue weighted by atomic mass is 15.2. The number of pyridine rings is 2. The zero-order valence-electron chi connectivity index (χ0n) is 12.1. The van der Waals surface area contributed by atoms with E-state index in [-0.39, 0.29) is 12.1 Å². The van der Waals surface area contributed by atoms with Gasteiger partial charge in [0, 0.05) is 37.4 Å². The molecular weight excluding hydrogens is 248 g/mol. The Morgan fingerprint density at radius 2 is 1.60 bits per heavy atom. The van der Waals surface area contributed by atoms with Crippen LogP contribution in [0.1, 0.15) is 31.0 Å². The molecule has 2 aromatic heterocycles. The molecule has 2 N–H and O–H groups in total. The van der Waals surface area contributed by atoms with Crippen molar-refractivity contribution in [3.05, 3.63) is 60.2 Å². The first kappa shape index (κ1) is 14.6. The van der Waals surface area contributed by atoms with E-state index in [4.69, 9.17) is 5.73 Å². The molecule has 2 atom stereocenters. The summed E-state index contributed by atoms with van der Waals surface area (Å²) in [5.74, 6) is 0. The molecule has 0 aliphatic carbocycles. The van der Waals surface area contributed by atoms with Crippen LogP contribution in [0.2, 0.25) is 0 Å². The van der Waals surface area contributed by atoms with Gasteiger partial charge in [-0.15, -0.1) is 0 Å². The molecule has 2 aromatic rings. The topological polar surface area (TPSA) is 55.0 Å². The fourth-order valence-electron chi connectivity index (χ4n) is 2.54. The van der Waals surface area contributed by atoms with E-state index in [0.717, 1.165) is 13.1 Å². The van der Waals surface area contributed by atoms with Crippen LogP contribution >= 0.6 is 0 Å². The smallest absolute Gasteiger partial charge is 0.0501 e. The highest BCUT2D eigenvalue weighted by molar-refractivity contribution is 5.18. The Balaban J connectivity index is 2.22. The Morgan fingerprint density at radius 3 is 2.10 bits per heavy atom. The molecule has 0 aliphatic heterocycles. The summed E-state index contributed by atoms with van der Waals surface area (Å²) < 4.78 is 0. The lowest BCUT2D eigenvalue weighted by Crippen LogP contribution is -2.39. The number of nitrogens with zero attached hydrogens (tertiary/aromatic N) is 3. The minimum absolute atomic E-state index is 0.0548. The summed E-state index contributed by atoms with van der Waals surface area (Å²) in [6, 6.07) is 8.43.